The number of anilines is 1. The van der Waals surface area contributed by atoms with Gasteiger partial charge in [-0.15, -0.1) is 21.5 Å². The van der Waals surface area contributed by atoms with Gasteiger partial charge in [-0.3, -0.25) is 4.57 Å². The van der Waals surface area contributed by atoms with Crippen LogP contribution < -0.4 is 4.90 Å². The smallest absolute Gasteiger partial charge is 0.237 e. The summed E-state index contributed by atoms with van der Waals surface area (Å²) < 4.78 is 13.1. The van der Waals surface area contributed by atoms with Crippen molar-refractivity contribution in [3.8, 4) is 16.4 Å². The van der Waals surface area contributed by atoms with E-state index in [1.165, 1.54) is 11.8 Å². The zero-order valence-corrected chi connectivity index (χ0v) is 18.0. The molecule has 1 saturated heterocycles. The van der Waals surface area contributed by atoms with Crippen molar-refractivity contribution in [3.05, 3.63) is 53.2 Å². The molecule has 0 spiro atoms. The van der Waals surface area contributed by atoms with E-state index in [4.69, 9.17) is 9.26 Å². The maximum Gasteiger partial charge on any atom is 0.237 e. The highest BCUT2D eigenvalue weighted by atomic mass is 32.2. The van der Waals surface area contributed by atoms with Gasteiger partial charge in [0, 0.05) is 13.1 Å². The molecular formula is C20H20N6O2S2. The minimum atomic E-state index is 0.519. The number of para-hydroxylation sites is 1. The van der Waals surface area contributed by atoms with Crippen LogP contribution in [0.5, 0.6) is 0 Å². The Kier molecular flexibility index (Phi) is 5.52. The second-order valence-electron chi connectivity index (χ2n) is 6.78. The lowest BCUT2D eigenvalue weighted by Crippen LogP contribution is -2.38. The molecule has 1 aliphatic heterocycles. The number of thioether (sulfide) groups is 1. The number of aryl methyl sites for hydroxylation is 1. The number of hydrogen-bond acceptors (Lipinski definition) is 9. The minimum absolute atomic E-state index is 0.519. The second-order valence-corrected chi connectivity index (χ2v) is 8.67. The second kappa shape index (κ2) is 8.58. The van der Waals surface area contributed by atoms with Gasteiger partial charge < -0.3 is 14.2 Å². The Morgan fingerprint density at radius 1 is 1.10 bits per heavy atom. The highest BCUT2D eigenvalue weighted by Gasteiger charge is 2.23. The number of hydrogen-bond donors (Lipinski definition) is 0. The fourth-order valence-electron chi connectivity index (χ4n) is 3.29. The van der Waals surface area contributed by atoms with E-state index in [9.17, 15) is 0 Å². The zero-order valence-electron chi connectivity index (χ0n) is 16.4. The molecule has 154 valence electrons. The van der Waals surface area contributed by atoms with E-state index in [0.29, 0.717) is 30.7 Å². The molecular weight excluding hydrogens is 420 g/mol. The predicted octanol–water partition coefficient (Wildman–Crippen LogP) is 3.82. The van der Waals surface area contributed by atoms with E-state index in [1.807, 2.05) is 29.6 Å². The largest absolute Gasteiger partial charge is 0.378 e. The van der Waals surface area contributed by atoms with E-state index in [0.717, 1.165) is 40.3 Å². The summed E-state index contributed by atoms with van der Waals surface area (Å²) in [6.07, 6.45) is 0. The van der Waals surface area contributed by atoms with Crippen molar-refractivity contribution >= 4 is 29.0 Å². The SMILES string of the molecule is Cc1ccccc1-n1c(SCc2nc(-c3cccs3)no2)nnc1N1CCOCC1. The fraction of sp³-hybridized carbons (Fsp3) is 0.300. The maximum atomic E-state index is 5.50. The summed E-state index contributed by atoms with van der Waals surface area (Å²) in [4.78, 5) is 7.72. The highest BCUT2D eigenvalue weighted by Crippen LogP contribution is 2.31. The molecule has 4 heterocycles. The Morgan fingerprint density at radius 2 is 1.97 bits per heavy atom. The molecule has 4 aromatic rings. The molecule has 0 saturated carbocycles. The summed E-state index contributed by atoms with van der Waals surface area (Å²) in [6.45, 7) is 5.07. The number of ether oxygens (including phenoxy) is 1. The Labute approximate surface area is 181 Å². The first-order valence-corrected chi connectivity index (χ1v) is 11.5. The molecule has 0 unspecified atom stereocenters. The van der Waals surface area contributed by atoms with Gasteiger partial charge in [0.1, 0.15) is 0 Å². The normalized spacial score (nSPS) is 14.4. The monoisotopic (exact) mass is 440 g/mol. The summed E-state index contributed by atoms with van der Waals surface area (Å²) in [5, 5.41) is 15.9. The van der Waals surface area contributed by atoms with Gasteiger partial charge in [0.25, 0.3) is 0 Å². The quantitative estimate of drug-likeness (QED) is 0.419. The summed E-state index contributed by atoms with van der Waals surface area (Å²) in [7, 11) is 0. The fourth-order valence-corrected chi connectivity index (χ4v) is 4.72. The Morgan fingerprint density at radius 3 is 2.77 bits per heavy atom. The molecule has 0 bridgehead atoms. The Bertz CT molecular complexity index is 1120. The van der Waals surface area contributed by atoms with E-state index < -0.39 is 0 Å². The molecule has 1 aromatic carbocycles. The molecule has 30 heavy (non-hydrogen) atoms. The van der Waals surface area contributed by atoms with Gasteiger partial charge in [-0.2, -0.15) is 4.98 Å². The minimum Gasteiger partial charge on any atom is -0.378 e. The summed E-state index contributed by atoms with van der Waals surface area (Å²) in [5.41, 5.74) is 2.22. The van der Waals surface area contributed by atoms with E-state index >= 15 is 0 Å². The van der Waals surface area contributed by atoms with E-state index in [1.54, 1.807) is 11.3 Å². The first-order chi connectivity index (χ1) is 14.8. The van der Waals surface area contributed by atoms with Crippen molar-refractivity contribution in [3.63, 3.8) is 0 Å². The van der Waals surface area contributed by atoms with Crippen molar-refractivity contribution in [2.75, 3.05) is 31.2 Å². The molecule has 0 N–H and O–H groups in total. The third-order valence-corrected chi connectivity index (χ3v) is 6.58. The van der Waals surface area contributed by atoms with Crippen LogP contribution in [0.15, 0.2) is 51.5 Å². The lowest BCUT2D eigenvalue weighted by molar-refractivity contribution is 0.122. The first kappa shape index (κ1) is 19.3. The average molecular weight is 441 g/mol. The van der Waals surface area contributed by atoms with E-state index in [2.05, 4.69) is 48.9 Å². The predicted molar refractivity (Wildman–Crippen MR) is 116 cm³/mol. The lowest BCUT2D eigenvalue weighted by Gasteiger charge is -2.28. The van der Waals surface area contributed by atoms with Crippen LogP contribution in [-0.2, 0) is 10.5 Å². The lowest BCUT2D eigenvalue weighted by atomic mass is 10.2. The van der Waals surface area contributed by atoms with Gasteiger partial charge in [0.05, 0.1) is 29.5 Å². The maximum absolute atomic E-state index is 5.50. The molecule has 0 amide bonds. The van der Waals surface area contributed by atoms with Crippen molar-refractivity contribution in [1.29, 1.82) is 0 Å². The molecule has 8 nitrogen and oxygen atoms in total. The molecule has 1 fully saturated rings. The summed E-state index contributed by atoms with van der Waals surface area (Å²) in [6, 6.07) is 12.2. The zero-order chi connectivity index (χ0) is 20.3. The van der Waals surface area contributed by atoms with Crippen LogP contribution in [-0.4, -0.2) is 51.2 Å². The van der Waals surface area contributed by atoms with Crippen molar-refractivity contribution < 1.29 is 9.26 Å². The van der Waals surface area contributed by atoms with Crippen molar-refractivity contribution in [2.24, 2.45) is 0 Å². The van der Waals surface area contributed by atoms with Gasteiger partial charge in [0.2, 0.25) is 17.7 Å². The van der Waals surface area contributed by atoms with E-state index in [-0.39, 0.29) is 0 Å². The molecule has 1 aliphatic rings. The van der Waals surface area contributed by atoms with Crippen molar-refractivity contribution in [2.45, 2.75) is 17.8 Å². The Balaban J connectivity index is 1.43. The average Bonchev–Trinajstić information content (AvgIpc) is 3.53. The first-order valence-electron chi connectivity index (χ1n) is 9.63. The molecule has 10 heteroatoms. The van der Waals surface area contributed by atoms with Crippen LogP contribution >= 0.6 is 23.1 Å². The number of nitrogens with zero attached hydrogens (tertiary/aromatic N) is 6. The number of aromatic nitrogens is 5. The number of morpholine rings is 1. The molecule has 0 radical (unpaired) electrons. The van der Waals surface area contributed by atoms with Crippen LogP contribution in [0.3, 0.4) is 0 Å². The Hall–Kier alpha value is -2.69. The van der Waals surface area contributed by atoms with Gasteiger partial charge >= 0.3 is 0 Å². The number of thiophene rings is 1. The van der Waals surface area contributed by atoms with Crippen LogP contribution in [0.2, 0.25) is 0 Å². The van der Waals surface area contributed by atoms with Crippen molar-refractivity contribution in [1.82, 2.24) is 24.9 Å². The van der Waals surface area contributed by atoms with Gasteiger partial charge in [-0.1, -0.05) is 41.2 Å². The van der Waals surface area contributed by atoms with Gasteiger partial charge in [0.15, 0.2) is 5.16 Å². The standard InChI is InChI=1S/C20H20N6O2S2/c1-14-5-2-3-6-15(14)26-19(25-8-10-27-11-9-25)22-23-20(26)30-13-17-21-18(24-28-17)16-7-4-12-29-16/h2-7,12H,8-11,13H2,1H3. The topological polar surface area (TPSA) is 82.1 Å². The molecule has 3 aromatic heterocycles. The van der Waals surface area contributed by atoms with Gasteiger partial charge in [-0.25, -0.2) is 0 Å². The summed E-state index contributed by atoms with van der Waals surface area (Å²) >= 11 is 3.13. The van der Waals surface area contributed by atoms with Crippen LogP contribution in [0.25, 0.3) is 16.4 Å². The number of benzene rings is 1. The highest BCUT2D eigenvalue weighted by molar-refractivity contribution is 7.98. The third kappa shape index (κ3) is 3.85. The van der Waals surface area contributed by atoms with Crippen LogP contribution in [0, 0.1) is 6.92 Å². The molecule has 0 atom stereocenters. The number of rotatable bonds is 6. The molecule has 5 rings (SSSR count). The van der Waals surface area contributed by atoms with Gasteiger partial charge in [-0.05, 0) is 30.0 Å². The van der Waals surface area contributed by atoms with Crippen LogP contribution in [0.4, 0.5) is 5.95 Å². The van der Waals surface area contributed by atoms with Crippen LogP contribution in [0.1, 0.15) is 11.5 Å². The summed E-state index contributed by atoms with van der Waals surface area (Å²) in [5.74, 6) is 2.54. The third-order valence-electron chi connectivity index (χ3n) is 4.80. The molecule has 0 aliphatic carbocycles.